The third-order valence-electron chi connectivity index (χ3n) is 3.51. The molecule has 2 aromatic rings. The van der Waals surface area contributed by atoms with Gasteiger partial charge in [-0.3, -0.25) is 4.79 Å². The number of hydrogen-bond donors (Lipinski definition) is 0. The van der Waals surface area contributed by atoms with Crippen LogP contribution in [0.4, 0.5) is 0 Å². The first-order valence-corrected chi connectivity index (χ1v) is 6.55. The lowest BCUT2D eigenvalue weighted by molar-refractivity contribution is 0.0714. The first-order chi connectivity index (χ1) is 9.25. The van der Waals surface area contributed by atoms with Gasteiger partial charge in [0.05, 0.1) is 11.7 Å². The van der Waals surface area contributed by atoms with Gasteiger partial charge in [-0.25, -0.2) is 0 Å². The van der Waals surface area contributed by atoms with Crippen LogP contribution in [0.15, 0.2) is 40.9 Å². The number of carbonyl (C=O) groups is 1. The van der Waals surface area contributed by atoms with Gasteiger partial charge in [0.2, 0.25) is 0 Å². The molecule has 0 spiro atoms. The molecule has 1 saturated heterocycles. The molecule has 1 aliphatic rings. The van der Waals surface area contributed by atoms with Gasteiger partial charge in [-0.15, -0.1) is 0 Å². The molecule has 3 rings (SSSR count). The number of rotatable bonds is 2. The van der Waals surface area contributed by atoms with Crippen molar-refractivity contribution in [3.05, 3.63) is 53.4 Å². The molecule has 1 aromatic heterocycles. The predicted octanol–water partition coefficient (Wildman–Crippen LogP) is 2.96. The Morgan fingerprint density at radius 1 is 1.37 bits per heavy atom. The molecule has 0 N–H and O–H groups in total. The number of carbonyl (C=O) groups excluding carboxylic acids is 1. The van der Waals surface area contributed by atoms with Gasteiger partial charge in [0.15, 0.2) is 5.76 Å². The van der Waals surface area contributed by atoms with Gasteiger partial charge in [0, 0.05) is 18.2 Å². The monoisotopic (exact) mass is 256 g/mol. The Bertz CT molecular complexity index is 577. The summed E-state index contributed by atoms with van der Waals surface area (Å²) in [6.45, 7) is 2.67. The van der Waals surface area contributed by atoms with Crippen molar-refractivity contribution < 1.29 is 9.32 Å². The first-order valence-electron chi connectivity index (χ1n) is 6.55. The minimum absolute atomic E-state index is 0.0221. The number of likely N-dealkylation sites (tertiary alicyclic amines) is 1. The second-order valence-corrected chi connectivity index (χ2v) is 4.89. The van der Waals surface area contributed by atoms with Crippen molar-refractivity contribution >= 4 is 5.91 Å². The van der Waals surface area contributed by atoms with Crippen LogP contribution in [0.3, 0.4) is 0 Å². The summed E-state index contributed by atoms with van der Waals surface area (Å²) in [4.78, 5) is 14.4. The Labute approximate surface area is 112 Å². The maximum atomic E-state index is 12.5. The number of nitrogens with zero attached hydrogens (tertiary/aromatic N) is 2. The van der Waals surface area contributed by atoms with Crippen molar-refractivity contribution in [2.45, 2.75) is 25.8 Å². The summed E-state index contributed by atoms with van der Waals surface area (Å²) in [7, 11) is 0. The van der Waals surface area contributed by atoms with Gasteiger partial charge in [0.1, 0.15) is 0 Å². The molecular weight excluding hydrogens is 240 g/mol. The van der Waals surface area contributed by atoms with Gasteiger partial charge in [0.25, 0.3) is 5.91 Å². The van der Waals surface area contributed by atoms with E-state index >= 15 is 0 Å². The molecule has 98 valence electrons. The highest BCUT2D eigenvalue weighted by molar-refractivity contribution is 5.94. The second kappa shape index (κ2) is 4.88. The molecule has 1 fully saturated rings. The quantitative estimate of drug-likeness (QED) is 0.829. The van der Waals surface area contributed by atoms with E-state index < -0.39 is 0 Å². The molecule has 19 heavy (non-hydrogen) atoms. The molecule has 2 heterocycles. The van der Waals surface area contributed by atoms with E-state index in [0.29, 0.717) is 0 Å². The van der Waals surface area contributed by atoms with E-state index in [9.17, 15) is 4.79 Å². The number of benzene rings is 1. The second-order valence-electron chi connectivity index (χ2n) is 4.89. The van der Waals surface area contributed by atoms with Crippen LogP contribution in [0.1, 0.15) is 40.7 Å². The van der Waals surface area contributed by atoms with Crippen LogP contribution in [0, 0.1) is 6.92 Å². The molecule has 0 saturated carbocycles. The molecule has 0 bridgehead atoms. The van der Waals surface area contributed by atoms with Crippen molar-refractivity contribution in [1.29, 1.82) is 0 Å². The lowest BCUT2D eigenvalue weighted by Gasteiger charge is -2.22. The maximum absolute atomic E-state index is 12.5. The number of aromatic nitrogens is 1. The Kier molecular flexibility index (Phi) is 3.07. The van der Waals surface area contributed by atoms with Crippen LogP contribution in [0.2, 0.25) is 0 Å². The summed E-state index contributed by atoms with van der Waals surface area (Å²) in [5.74, 6) is 0.858. The van der Waals surface area contributed by atoms with Crippen LogP contribution >= 0.6 is 0 Å². The SMILES string of the molecule is Cc1cc([C@H]2CCCN2C(=O)c2ccccc2)on1. The number of amides is 1. The fourth-order valence-electron chi connectivity index (χ4n) is 2.59. The summed E-state index contributed by atoms with van der Waals surface area (Å²) in [5.41, 5.74) is 1.58. The van der Waals surface area contributed by atoms with Crippen molar-refractivity contribution in [3.63, 3.8) is 0 Å². The standard InChI is InChI=1S/C15H16N2O2/c1-11-10-14(19-16-11)13-8-5-9-17(13)15(18)12-6-3-2-4-7-12/h2-4,6-7,10,13H,5,8-9H2,1H3/t13-/m1/s1. The van der Waals surface area contributed by atoms with Gasteiger partial charge < -0.3 is 9.42 Å². The van der Waals surface area contributed by atoms with Crippen LogP contribution in [0.25, 0.3) is 0 Å². The van der Waals surface area contributed by atoms with Crippen LogP contribution in [-0.4, -0.2) is 22.5 Å². The zero-order chi connectivity index (χ0) is 13.2. The van der Waals surface area contributed by atoms with E-state index in [2.05, 4.69) is 5.16 Å². The molecule has 0 unspecified atom stereocenters. The predicted molar refractivity (Wildman–Crippen MR) is 70.7 cm³/mol. The summed E-state index contributed by atoms with van der Waals surface area (Å²) in [6, 6.07) is 11.3. The Morgan fingerprint density at radius 2 is 2.16 bits per heavy atom. The smallest absolute Gasteiger partial charge is 0.254 e. The van der Waals surface area contributed by atoms with Crippen molar-refractivity contribution in [2.24, 2.45) is 0 Å². The maximum Gasteiger partial charge on any atom is 0.254 e. The van der Waals surface area contributed by atoms with Gasteiger partial charge in [-0.2, -0.15) is 0 Å². The Hall–Kier alpha value is -2.10. The zero-order valence-corrected chi connectivity index (χ0v) is 10.9. The molecule has 4 nitrogen and oxygen atoms in total. The molecule has 1 atom stereocenters. The molecule has 0 aliphatic carbocycles. The fourth-order valence-corrected chi connectivity index (χ4v) is 2.59. The Balaban J connectivity index is 1.86. The van der Waals surface area contributed by atoms with E-state index in [-0.39, 0.29) is 11.9 Å². The molecular formula is C15H16N2O2. The zero-order valence-electron chi connectivity index (χ0n) is 10.9. The summed E-state index contributed by atoms with van der Waals surface area (Å²) >= 11 is 0. The topological polar surface area (TPSA) is 46.3 Å². The largest absolute Gasteiger partial charge is 0.359 e. The highest BCUT2D eigenvalue weighted by Crippen LogP contribution is 2.33. The highest BCUT2D eigenvalue weighted by atomic mass is 16.5. The summed E-state index contributed by atoms with van der Waals surface area (Å²) in [6.07, 6.45) is 1.94. The molecule has 1 aliphatic heterocycles. The molecule has 0 radical (unpaired) electrons. The van der Waals surface area contributed by atoms with Gasteiger partial charge in [-0.05, 0) is 31.9 Å². The Morgan fingerprint density at radius 3 is 2.84 bits per heavy atom. The van der Waals surface area contributed by atoms with Crippen molar-refractivity contribution in [2.75, 3.05) is 6.54 Å². The van der Waals surface area contributed by atoms with E-state index in [1.54, 1.807) is 0 Å². The van der Waals surface area contributed by atoms with Crippen LogP contribution in [-0.2, 0) is 0 Å². The normalized spacial score (nSPS) is 18.8. The highest BCUT2D eigenvalue weighted by Gasteiger charge is 2.32. The van der Waals surface area contributed by atoms with Crippen molar-refractivity contribution in [1.82, 2.24) is 10.1 Å². The third kappa shape index (κ3) is 2.26. The molecule has 1 amide bonds. The first kappa shape index (κ1) is 12.0. The van der Waals surface area contributed by atoms with Gasteiger partial charge in [-0.1, -0.05) is 23.4 Å². The fraction of sp³-hybridized carbons (Fsp3) is 0.333. The van der Waals surface area contributed by atoms with E-state index in [4.69, 9.17) is 4.52 Å². The summed E-state index contributed by atoms with van der Waals surface area (Å²) in [5, 5.41) is 3.91. The van der Waals surface area contributed by atoms with Crippen LogP contribution in [0.5, 0.6) is 0 Å². The van der Waals surface area contributed by atoms with Gasteiger partial charge >= 0.3 is 0 Å². The number of hydrogen-bond acceptors (Lipinski definition) is 3. The van der Waals surface area contributed by atoms with E-state index in [0.717, 1.165) is 36.4 Å². The average molecular weight is 256 g/mol. The van der Waals surface area contributed by atoms with E-state index in [1.165, 1.54) is 0 Å². The van der Waals surface area contributed by atoms with Crippen molar-refractivity contribution in [3.8, 4) is 0 Å². The number of aryl methyl sites for hydroxylation is 1. The van der Waals surface area contributed by atoms with E-state index in [1.807, 2.05) is 48.2 Å². The van der Waals surface area contributed by atoms with Crippen LogP contribution < -0.4 is 0 Å². The molecule has 1 aromatic carbocycles. The summed E-state index contributed by atoms with van der Waals surface area (Å²) < 4.78 is 5.32. The minimum atomic E-state index is 0.0221. The minimum Gasteiger partial charge on any atom is -0.359 e. The average Bonchev–Trinajstić information content (AvgIpc) is 3.07. The molecule has 4 heteroatoms. The lowest BCUT2D eigenvalue weighted by Crippen LogP contribution is -2.30. The lowest BCUT2D eigenvalue weighted by atomic mass is 10.1. The third-order valence-corrected chi connectivity index (χ3v) is 3.51.